The minimum Gasteiger partial charge on any atom is -0.457 e. The van der Waals surface area contributed by atoms with E-state index in [0.717, 1.165) is 52.8 Å². The highest BCUT2D eigenvalue weighted by atomic mass is 16.5. The van der Waals surface area contributed by atoms with Crippen LogP contribution in [0.2, 0.25) is 0 Å². The first-order valence-corrected chi connectivity index (χ1v) is 11.1. The van der Waals surface area contributed by atoms with Crippen molar-refractivity contribution in [2.24, 2.45) is 7.05 Å². The van der Waals surface area contributed by atoms with Gasteiger partial charge in [0, 0.05) is 60.8 Å². The fourth-order valence-electron chi connectivity index (χ4n) is 4.96. The van der Waals surface area contributed by atoms with E-state index >= 15 is 0 Å². The number of imidazole rings is 2. The maximum atomic E-state index is 6.37. The van der Waals surface area contributed by atoms with Crippen LogP contribution in [0.5, 0.6) is 11.5 Å². The number of benzene rings is 3. The predicted molar refractivity (Wildman–Crippen MR) is 129 cm³/mol. The van der Waals surface area contributed by atoms with Crippen LogP contribution in [0.3, 0.4) is 0 Å². The number of hydrogen-bond acceptors (Lipinski definition) is 3. The summed E-state index contributed by atoms with van der Waals surface area (Å²) in [4.78, 5) is 9.17. The third-order valence-corrected chi connectivity index (χ3v) is 6.54. The molecule has 0 unspecified atom stereocenters. The smallest absolute Gasteiger partial charge is 0.214 e. The molecule has 0 bridgehead atoms. The number of fused-ring (bicyclic) bond motifs is 6. The SMILES string of the molecule is Cn1ccnc1-n1c2ccccc2c2ccc(Oc3ccc4c(c3)-c3nccn3CC4)cc21. The van der Waals surface area contributed by atoms with Crippen LogP contribution in [0, 0.1) is 0 Å². The molecule has 1 aliphatic rings. The molecule has 1 aliphatic heterocycles. The highest BCUT2D eigenvalue weighted by Crippen LogP contribution is 2.36. The largest absolute Gasteiger partial charge is 0.457 e. The van der Waals surface area contributed by atoms with Gasteiger partial charge in [0.2, 0.25) is 5.95 Å². The summed E-state index contributed by atoms with van der Waals surface area (Å²) in [7, 11) is 2.01. The van der Waals surface area contributed by atoms with Crippen LogP contribution in [0.1, 0.15) is 5.56 Å². The zero-order valence-corrected chi connectivity index (χ0v) is 18.1. The first-order valence-electron chi connectivity index (χ1n) is 11.1. The van der Waals surface area contributed by atoms with Gasteiger partial charge in [-0.3, -0.25) is 4.57 Å². The van der Waals surface area contributed by atoms with Gasteiger partial charge < -0.3 is 13.9 Å². The van der Waals surface area contributed by atoms with Crippen molar-refractivity contribution in [3.63, 3.8) is 0 Å². The highest BCUT2D eigenvalue weighted by Gasteiger charge is 2.18. The van der Waals surface area contributed by atoms with Gasteiger partial charge >= 0.3 is 0 Å². The lowest BCUT2D eigenvalue weighted by atomic mass is 10.0. The third kappa shape index (κ3) is 2.74. The lowest BCUT2D eigenvalue weighted by Gasteiger charge is -2.19. The van der Waals surface area contributed by atoms with Gasteiger partial charge in [0.05, 0.1) is 11.0 Å². The Morgan fingerprint density at radius 1 is 0.818 bits per heavy atom. The average Bonchev–Trinajstić information content (AvgIpc) is 3.56. The van der Waals surface area contributed by atoms with Gasteiger partial charge in [-0.15, -0.1) is 0 Å². The van der Waals surface area contributed by atoms with E-state index in [2.05, 4.69) is 73.7 Å². The molecule has 0 aliphatic carbocycles. The molecule has 0 radical (unpaired) electrons. The number of ether oxygens (including phenoxy) is 1. The number of aryl methyl sites for hydroxylation is 3. The summed E-state index contributed by atoms with van der Waals surface area (Å²) in [6.45, 7) is 0.969. The van der Waals surface area contributed by atoms with Crippen molar-refractivity contribution in [3.05, 3.63) is 91.0 Å². The maximum absolute atomic E-state index is 6.37. The molecule has 0 saturated carbocycles. The fraction of sp³-hybridized carbons (Fsp3) is 0.111. The number of aromatic nitrogens is 5. The summed E-state index contributed by atoms with van der Waals surface area (Å²) in [5.41, 5.74) is 4.65. The molecular formula is C27H21N5O. The van der Waals surface area contributed by atoms with Gasteiger partial charge in [-0.1, -0.05) is 24.3 Å². The summed E-state index contributed by atoms with van der Waals surface area (Å²) in [6, 6.07) is 21.0. The zero-order valence-electron chi connectivity index (χ0n) is 18.1. The molecule has 0 atom stereocenters. The Kier molecular flexibility index (Phi) is 3.79. The first-order chi connectivity index (χ1) is 16.3. The number of para-hydroxylation sites is 1. The predicted octanol–water partition coefficient (Wildman–Crippen LogP) is 5.73. The summed E-state index contributed by atoms with van der Waals surface area (Å²) >= 11 is 0. The van der Waals surface area contributed by atoms with E-state index in [0.29, 0.717) is 0 Å². The van der Waals surface area contributed by atoms with E-state index < -0.39 is 0 Å². The Bertz CT molecular complexity index is 1670. The van der Waals surface area contributed by atoms with Crippen molar-refractivity contribution >= 4 is 21.8 Å². The lowest BCUT2D eigenvalue weighted by Crippen LogP contribution is -2.10. The Labute approximate surface area is 190 Å². The standard InChI is InChI=1S/C27H21N5O/c1-30-14-11-29-27(30)32-24-5-3-2-4-21(24)22-9-8-20(17-25(22)32)33-19-7-6-18-10-13-31-15-12-28-26(31)23(18)16-19/h2-9,11-12,14-17H,10,13H2,1H3. The number of hydrogen-bond donors (Lipinski definition) is 0. The molecule has 6 nitrogen and oxygen atoms in total. The zero-order chi connectivity index (χ0) is 21.9. The van der Waals surface area contributed by atoms with Crippen LogP contribution in [0.15, 0.2) is 85.5 Å². The Morgan fingerprint density at radius 3 is 2.55 bits per heavy atom. The summed E-state index contributed by atoms with van der Waals surface area (Å²) < 4.78 is 12.8. The second kappa shape index (κ2) is 6.84. The van der Waals surface area contributed by atoms with E-state index in [4.69, 9.17) is 4.74 Å². The van der Waals surface area contributed by atoms with Gasteiger partial charge in [-0.2, -0.15) is 0 Å². The van der Waals surface area contributed by atoms with Crippen LogP contribution in [0.25, 0.3) is 39.1 Å². The highest BCUT2D eigenvalue weighted by molar-refractivity contribution is 6.09. The fourth-order valence-corrected chi connectivity index (χ4v) is 4.96. The minimum absolute atomic E-state index is 0.792. The molecule has 0 spiro atoms. The number of nitrogens with zero attached hydrogens (tertiary/aromatic N) is 5. The molecule has 160 valence electrons. The topological polar surface area (TPSA) is 49.8 Å². The van der Waals surface area contributed by atoms with Crippen LogP contribution >= 0.6 is 0 Å². The average molecular weight is 431 g/mol. The molecular weight excluding hydrogens is 410 g/mol. The van der Waals surface area contributed by atoms with E-state index in [1.54, 1.807) is 0 Å². The second-order valence-corrected chi connectivity index (χ2v) is 8.48. The van der Waals surface area contributed by atoms with Gasteiger partial charge in [-0.05, 0) is 42.3 Å². The van der Waals surface area contributed by atoms with E-state index in [-0.39, 0.29) is 0 Å². The molecule has 6 heteroatoms. The molecule has 0 fully saturated rings. The van der Waals surface area contributed by atoms with Crippen molar-refractivity contribution in [2.75, 3.05) is 0 Å². The van der Waals surface area contributed by atoms with Gasteiger partial charge in [0.1, 0.15) is 17.3 Å². The Morgan fingerprint density at radius 2 is 1.64 bits per heavy atom. The van der Waals surface area contributed by atoms with Crippen LogP contribution in [0.4, 0.5) is 0 Å². The van der Waals surface area contributed by atoms with Crippen LogP contribution < -0.4 is 4.74 Å². The lowest BCUT2D eigenvalue weighted by molar-refractivity contribution is 0.483. The molecule has 7 rings (SSSR count). The normalized spacial score (nSPS) is 12.8. The molecule has 0 saturated heterocycles. The van der Waals surface area contributed by atoms with E-state index in [1.807, 2.05) is 42.5 Å². The summed E-state index contributed by atoms with van der Waals surface area (Å²) in [5, 5.41) is 2.37. The first kappa shape index (κ1) is 18.3. The Balaban J connectivity index is 1.36. The Hall–Kier alpha value is -4.32. The molecule has 6 aromatic rings. The molecule has 33 heavy (non-hydrogen) atoms. The van der Waals surface area contributed by atoms with Gasteiger partial charge in [0.25, 0.3) is 0 Å². The monoisotopic (exact) mass is 431 g/mol. The third-order valence-electron chi connectivity index (χ3n) is 6.54. The van der Waals surface area contributed by atoms with Crippen molar-refractivity contribution in [2.45, 2.75) is 13.0 Å². The second-order valence-electron chi connectivity index (χ2n) is 8.48. The quantitative estimate of drug-likeness (QED) is 0.360. The van der Waals surface area contributed by atoms with Crippen molar-refractivity contribution < 1.29 is 4.74 Å². The van der Waals surface area contributed by atoms with Crippen LogP contribution in [-0.2, 0) is 20.0 Å². The maximum Gasteiger partial charge on any atom is 0.214 e. The van der Waals surface area contributed by atoms with Crippen LogP contribution in [-0.4, -0.2) is 23.7 Å². The van der Waals surface area contributed by atoms with Crippen molar-refractivity contribution in [1.29, 1.82) is 0 Å². The minimum atomic E-state index is 0.792. The summed E-state index contributed by atoms with van der Waals surface area (Å²) in [5.74, 6) is 3.48. The number of rotatable bonds is 3. The van der Waals surface area contributed by atoms with E-state index in [9.17, 15) is 0 Å². The molecule has 0 amide bonds. The molecule has 4 heterocycles. The summed E-state index contributed by atoms with van der Waals surface area (Å²) in [6.07, 6.45) is 8.70. The molecule has 3 aromatic heterocycles. The molecule has 0 N–H and O–H groups in total. The molecule has 3 aromatic carbocycles. The van der Waals surface area contributed by atoms with Gasteiger partial charge in [-0.25, -0.2) is 9.97 Å². The van der Waals surface area contributed by atoms with E-state index in [1.165, 1.54) is 16.3 Å². The van der Waals surface area contributed by atoms with Gasteiger partial charge in [0.15, 0.2) is 0 Å². The van der Waals surface area contributed by atoms with Crippen molar-refractivity contribution in [1.82, 2.24) is 23.7 Å². The van der Waals surface area contributed by atoms with Crippen molar-refractivity contribution in [3.8, 4) is 28.8 Å².